The van der Waals surface area contributed by atoms with Crippen molar-refractivity contribution in [2.24, 2.45) is 0 Å². The zero-order valence-corrected chi connectivity index (χ0v) is 13.2. The number of carbonyl (C=O) groups is 1. The van der Waals surface area contributed by atoms with Crippen LogP contribution in [0.25, 0.3) is 11.5 Å². The summed E-state index contributed by atoms with van der Waals surface area (Å²) in [6, 6.07) is 16.6. The van der Waals surface area contributed by atoms with Crippen LogP contribution in [-0.4, -0.2) is 22.7 Å². The highest BCUT2D eigenvalue weighted by atomic mass is 16.5. The van der Waals surface area contributed by atoms with Gasteiger partial charge in [0.05, 0.1) is 18.7 Å². The monoisotopic (exact) mass is 323 g/mol. The van der Waals surface area contributed by atoms with Crippen LogP contribution >= 0.6 is 0 Å². The molecule has 0 aliphatic rings. The van der Waals surface area contributed by atoms with Crippen LogP contribution in [0.3, 0.4) is 0 Å². The van der Waals surface area contributed by atoms with Crippen molar-refractivity contribution in [1.29, 1.82) is 0 Å². The number of aromatic nitrogens is 2. The number of nitrogens with zero attached hydrogens (tertiary/aromatic N) is 2. The van der Waals surface area contributed by atoms with Crippen molar-refractivity contribution >= 4 is 5.91 Å². The molecule has 122 valence electrons. The maximum Gasteiger partial charge on any atom is 0.257 e. The van der Waals surface area contributed by atoms with Gasteiger partial charge in [-0.2, -0.15) is 4.98 Å². The number of amides is 1. The summed E-state index contributed by atoms with van der Waals surface area (Å²) in [5.74, 6) is 1.14. The minimum Gasteiger partial charge on any atom is -0.493 e. The van der Waals surface area contributed by atoms with Gasteiger partial charge < -0.3 is 14.6 Å². The lowest BCUT2D eigenvalue weighted by Gasteiger charge is -2.09. The van der Waals surface area contributed by atoms with E-state index in [2.05, 4.69) is 15.5 Å². The lowest BCUT2D eigenvalue weighted by Crippen LogP contribution is -2.24. The summed E-state index contributed by atoms with van der Waals surface area (Å²) < 4.78 is 10.7. The second kappa shape index (κ2) is 7.41. The van der Waals surface area contributed by atoms with Crippen molar-refractivity contribution in [2.75, 3.05) is 6.61 Å². The summed E-state index contributed by atoms with van der Waals surface area (Å²) in [6.07, 6.45) is 0. The summed E-state index contributed by atoms with van der Waals surface area (Å²) >= 11 is 0. The van der Waals surface area contributed by atoms with Crippen LogP contribution in [0.4, 0.5) is 0 Å². The molecular formula is C18H17N3O3. The standard InChI is InChI=1S/C18H17N3O3/c1-2-23-15-11-7-6-10-14(15)17(22)19-12-16-20-18(24-21-16)13-8-4-3-5-9-13/h3-11H,2,12H2,1H3,(H,19,22). The van der Waals surface area contributed by atoms with E-state index in [4.69, 9.17) is 9.26 Å². The predicted molar refractivity (Wildman–Crippen MR) is 88.5 cm³/mol. The number of hydrogen-bond donors (Lipinski definition) is 1. The van der Waals surface area contributed by atoms with Gasteiger partial charge in [-0.15, -0.1) is 0 Å². The van der Waals surface area contributed by atoms with Gasteiger partial charge in [-0.25, -0.2) is 0 Å². The first-order chi connectivity index (χ1) is 11.8. The van der Waals surface area contributed by atoms with Gasteiger partial charge in [0, 0.05) is 5.56 Å². The van der Waals surface area contributed by atoms with Crippen molar-refractivity contribution in [3.8, 4) is 17.2 Å². The fourth-order valence-corrected chi connectivity index (χ4v) is 2.21. The van der Waals surface area contributed by atoms with E-state index in [0.717, 1.165) is 5.56 Å². The zero-order chi connectivity index (χ0) is 16.8. The molecule has 2 aromatic carbocycles. The minimum atomic E-state index is -0.245. The largest absolute Gasteiger partial charge is 0.493 e. The van der Waals surface area contributed by atoms with Gasteiger partial charge >= 0.3 is 0 Å². The number of carbonyl (C=O) groups excluding carboxylic acids is 1. The van der Waals surface area contributed by atoms with Crippen molar-refractivity contribution < 1.29 is 14.1 Å². The number of hydrogen-bond acceptors (Lipinski definition) is 5. The molecule has 0 aliphatic carbocycles. The lowest BCUT2D eigenvalue weighted by molar-refractivity contribution is 0.0946. The molecule has 0 saturated heterocycles. The van der Waals surface area contributed by atoms with Gasteiger partial charge in [-0.1, -0.05) is 35.5 Å². The Bertz CT molecular complexity index is 815. The molecule has 3 rings (SSSR count). The summed E-state index contributed by atoms with van der Waals surface area (Å²) in [6.45, 7) is 2.55. The maximum atomic E-state index is 12.3. The lowest BCUT2D eigenvalue weighted by atomic mass is 10.2. The molecule has 6 nitrogen and oxygen atoms in total. The highest BCUT2D eigenvalue weighted by Gasteiger charge is 2.13. The quantitative estimate of drug-likeness (QED) is 0.754. The van der Waals surface area contributed by atoms with Gasteiger partial charge in [-0.3, -0.25) is 4.79 Å². The third-order valence-electron chi connectivity index (χ3n) is 3.33. The van der Waals surface area contributed by atoms with E-state index in [1.54, 1.807) is 18.2 Å². The molecule has 24 heavy (non-hydrogen) atoms. The summed E-state index contributed by atoms with van der Waals surface area (Å²) in [7, 11) is 0. The second-order valence-corrected chi connectivity index (χ2v) is 4.99. The molecule has 3 aromatic rings. The van der Waals surface area contributed by atoms with E-state index >= 15 is 0 Å². The first-order valence-corrected chi connectivity index (χ1v) is 7.66. The van der Waals surface area contributed by atoms with Gasteiger partial charge in [-0.05, 0) is 31.2 Å². The molecule has 0 radical (unpaired) electrons. The molecule has 6 heteroatoms. The number of para-hydroxylation sites is 1. The molecule has 1 aromatic heterocycles. The van der Waals surface area contributed by atoms with Gasteiger partial charge in [0.15, 0.2) is 5.82 Å². The second-order valence-electron chi connectivity index (χ2n) is 4.99. The molecule has 0 atom stereocenters. The fraction of sp³-hybridized carbons (Fsp3) is 0.167. The third kappa shape index (κ3) is 3.60. The molecule has 1 N–H and O–H groups in total. The van der Waals surface area contributed by atoms with Crippen molar-refractivity contribution in [3.63, 3.8) is 0 Å². The topological polar surface area (TPSA) is 77.2 Å². The number of ether oxygens (including phenoxy) is 1. The maximum absolute atomic E-state index is 12.3. The van der Waals surface area contributed by atoms with Crippen LogP contribution in [-0.2, 0) is 6.54 Å². The Kier molecular flexibility index (Phi) is 4.86. The van der Waals surface area contributed by atoms with Crippen LogP contribution in [0.1, 0.15) is 23.1 Å². The Morgan fingerprint density at radius 2 is 1.88 bits per heavy atom. The van der Waals surface area contributed by atoms with E-state index in [0.29, 0.717) is 29.6 Å². The SMILES string of the molecule is CCOc1ccccc1C(=O)NCc1noc(-c2ccccc2)n1. The predicted octanol–water partition coefficient (Wildman–Crippen LogP) is 3.07. The molecule has 0 saturated carbocycles. The molecule has 0 spiro atoms. The Hall–Kier alpha value is -3.15. The summed E-state index contributed by atoms with van der Waals surface area (Å²) in [4.78, 5) is 16.6. The van der Waals surface area contributed by atoms with E-state index in [1.807, 2.05) is 43.3 Å². The zero-order valence-electron chi connectivity index (χ0n) is 13.2. The van der Waals surface area contributed by atoms with E-state index in [9.17, 15) is 4.79 Å². The van der Waals surface area contributed by atoms with E-state index < -0.39 is 0 Å². The highest BCUT2D eigenvalue weighted by molar-refractivity contribution is 5.96. The number of nitrogens with one attached hydrogen (secondary N) is 1. The smallest absolute Gasteiger partial charge is 0.257 e. The third-order valence-corrected chi connectivity index (χ3v) is 3.33. The van der Waals surface area contributed by atoms with Crippen LogP contribution in [0.2, 0.25) is 0 Å². The Morgan fingerprint density at radius 1 is 1.12 bits per heavy atom. The van der Waals surface area contributed by atoms with Crippen LogP contribution in [0.5, 0.6) is 5.75 Å². The average Bonchev–Trinajstić information content (AvgIpc) is 3.10. The van der Waals surface area contributed by atoms with Crippen LogP contribution in [0, 0.1) is 0 Å². The van der Waals surface area contributed by atoms with Gasteiger partial charge in [0.1, 0.15) is 5.75 Å². The average molecular weight is 323 g/mol. The Labute approximate surface area is 139 Å². The van der Waals surface area contributed by atoms with E-state index in [1.165, 1.54) is 0 Å². The summed E-state index contributed by atoms with van der Waals surface area (Å²) in [5, 5.41) is 6.66. The molecular weight excluding hydrogens is 306 g/mol. The highest BCUT2D eigenvalue weighted by Crippen LogP contribution is 2.18. The van der Waals surface area contributed by atoms with Crippen LogP contribution in [0.15, 0.2) is 59.1 Å². The van der Waals surface area contributed by atoms with Crippen LogP contribution < -0.4 is 10.1 Å². The van der Waals surface area contributed by atoms with Crippen molar-refractivity contribution in [2.45, 2.75) is 13.5 Å². The first-order valence-electron chi connectivity index (χ1n) is 7.66. The molecule has 0 fully saturated rings. The first kappa shape index (κ1) is 15.7. The Morgan fingerprint density at radius 3 is 2.67 bits per heavy atom. The van der Waals surface area contributed by atoms with E-state index in [-0.39, 0.29) is 12.5 Å². The normalized spacial score (nSPS) is 10.4. The Balaban J connectivity index is 1.66. The van der Waals surface area contributed by atoms with Gasteiger partial charge in [0.25, 0.3) is 11.8 Å². The number of benzene rings is 2. The van der Waals surface area contributed by atoms with Gasteiger partial charge in [0.2, 0.25) is 0 Å². The molecule has 0 bridgehead atoms. The van der Waals surface area contributed by atoms with Crippen molar-refractivity contribution in [3.05, 3.63) is 66.0 Å². The molecule has 1 heterocycles. The molecule has 0 unspecified atom stereocenters. The number of rotatable bonds is 6. The molecule has 0 aliphatic heterocycles. The summed E-state index contributed by atoms with van der Waals surface area (Å²) in [5.41, 5.74) is 1.32. The van der Waals surface area contributed by atoms with Crippen molar-refractivity contribution in [1.82, 2.24) is 15.5 Å². The fourth-order valence-electron chi connectivity index (χ4n) is 2.21. The molecule has 1 amide bonds. The minimum absolute atomic E-state index is 0.176.